The Morgan fingerprint density at radius 1 is 1.22 bits per heavy atom. The van der Waals surface area contributed by atoms with Crippen molar-refractivity contribution in [3.8, 4) is 0 Å². The normalized spacial score (nSPS) is 11.9. The first-order valence-electron chi connectivity index (χ1n) is 6.93. The summed E-state index contributed by atoms with van der Waals surface area (Å²) in [5.41, 5.74) is 0.640. The summed E-state index contributed by atoms with van der Waals surface area (Å²) in [6.07, 6.45) is 2.18. The van der Waals surface area contributed by atoms with Crippen LogP contribution in [0.3, 0.4) is 0 Å². The Kier molecular flexibility index (Phi) is 6.07. The van der Waals surface area contributed by atoms with Gasteiger partial charge in [0.1, 0.15) is 11.8 Å². The van der Waals surface area contributed by atoms with E-state index in [1.54, 1.807) is 30.3 Å². The number of carbonyl (C=O) groups is 2. The summed E-state index contributed by atoms with van der Waals surface area (Å²) >= 11 is 11.8. The smallest absolute Gasteiger partial charge is 0.326 e. The highest BCUT2D eigenvalue weighted by atomic mass is 35.5. The van der Waals surface area contributed by atoms with Crippen molar-refractivity contribution in [2.45, 2.75) is 25.3 Å². The van der Waals surface area contributed by atoms with Crippen molar-refractivity contribution >= 4 is 35.1 Å². The standard InChI is InChI=1S/C16H15Cl2NO4/c17-11-6-10(7-12(18)9-11)8-14(16(21)22)19-15(20)4-3-13-2-1-5-23-13/h1-2,5-7,9,14H,3-4,8H2,(H,19,20)(H,21,22). The fraction of sp³-hybridized carbons (Fsp3) is 0.250. The van der Waals surface area contributed by atoms with Crippen LogP contribution in [0, 0.1) is 0 Å². The summed E-state index contributed by atoms with van der Waals surface area (Å²) in [5.74, 6) is -0.803. The molecule has 0 radical (unpaired) electrons. The van der Waals surface area contributed by atoms with E-state index in [0.717, 1.165) is 0 Å². The third-order valence-corrected chi connectivity index (χ3v) is 3.61. The first-order valence-corrected chi connectivity index (χ1v) is 7.69. The molecule has 2 N–H and O–H groups in total. The molecule has 5 nitrogen and oxygen atoms in total. The molecule has 0 bridgehead atoms. The predicted molar refractivity (Wildman–Crippen MR) is 86.8 cm³/mol. The maximum atomic E-state index is 11.9. The van der Waals surface area contributed by atoms with Gasteiger partial charge in [-0.3, -0.25) is 4.79 Å². The summed E-state index contributed by atoms with van der Waals surface area (Å²) in [4.78, 5) is 23.3. The number of nitrogens with one attached hydrogen (secondary N) is 1. The molecule has 122 valence electrons. The van der Waals surface area contributed by atoms with Crippen LogP contribution in [0.5, 0.6) is 0 Å². The second kappa shape index (κ2) is 8.04. The first-order chi connectivity index (χ1) is 10.9. The number of hydrogen-bond donors (Lipinski definition) is 2. The lowest BCUT2D eigenvalue weighted by molar-refractivity contribution is -0.141. The minimum Gasteiger partial charge on any atom is -0.480 e. The Morgan fingerprint density at radius 3 is 2.48 bits per heavy atom. The van der Waals surface area contributed by atoms with Crippen LogP contribution in [0.4, 0.5) is 0 Å². The van der Waals surface area contributed by atoms with Crippen molar-refractivity contribution in [2.24, 2.45) is 0 Å². The van der Waals surface area contributed by atoms with Crippen LogP contribution in [0.1, 0.15) is 17.7 Å². The molecule has 23 heavy (non-hydrogen) atoms. The second-order valence-corrected chi connectivity index (χ2v) is 5.89. The number of benzene rings is 1. The highest BCUT2D eigenvalue weighted by Gasteiger charge is 2.20. The summed E-state index contributed by atoms with van der Waals surface area (Å²) < 4.78 is 5.13. The molecule has 0 saturated heterocycles. The zero-order chi connectivity index (χ0) is 16.8. The Labute approximate surface area is 143 Å². The molecule has 1 aromatic heterocycles. The van der Waals surface area contributed by atoms with E-state index in [2.05, 4.69) is 5.32 Å². The van der Waals surface area contributed by atoms with Gasteiger partial charge in [0.05, 0.1) is 6.26 Å². The maximum Gasteiger partial charge on any atom is 0.326 e. The van der Waals surface area contributed by atoms with E-state index in [-0.39, 0.29) is 18.7 Å². The van der Waals surface area contributed by atoms with Crippen LogP contribution in [-0.4, -0.2) is 23.0 Å². The van der Waals surface area contributed by atoms with Gasteiger partial charge < -0.3 is 14.8 Å². The van der Waals surface area contributed by atoms with E-state index in [9.17, 15) is 14.7 Å². The molecule has 0 fully saturated rings. The molecule has 1 unspecified atom stereocenters. The van der Waals surface area contributed by atoms with Gasteiger partial charge in [0, 0.05) is 29.3 Å². The van der Waals surface area contributed by atoms with E-state index < -0.39 is 12.0 Å². The summed E-state index contributed by atoms with van der Waals surface area (Å²) in [5, 5.41) is 12.6. The SMILES string of the molecule is O=C(CCc1ccco1)NC(Cc1cc(Cl)cc(Cl)c1)C(=O)O. The van der Waals surface area contributed by atoms with Crippen LogP contribution in [0.15, 0.2) is 41.0 Å². The summed E-state index contributed by atoms with van der Waals surface area (Å²) in [6.45, 7) is 0. The van der Waals surface area contributed by atoms with Crippen molar-refractivity contribution in [1.82, 2.24) is 5.32 Å². The summed E-state index contributed by atoms with van der Waals surface area (Å²) in [6, 6.07) is 7.25. The lowest BCUT2D eigenvalue weighted by atomic mass is 10.1. The van der Waals surface area contributed by atoms with Crippen molar-refractivity contribution < 1.29 is 19.1 Å². The van der Waals surface area contributed by atoms with Gasteiger partial charge in [-0.15, -0.1) is 0 Å². The van der Waals surface area contributed by atoms with Gasteiger partial charge in [0.15, 0.2) is 0 Å². The van der Waals surface area contributed by atoms with Crippen LogP contribution < -0.4 is 5.32 Å². The monoisotopic (exact) mass is 355 g/mol. The molecular weight excluding hydrogens is 341 g/mol. The van der Waals surface area contributed by atoms with Crippen LogP contribution in [0.2, 0.25) is 10.0 Å². The van der Waals surface area contributed by atoms with Gasteiger partial charge in [-0.05, 0) is 35.9 Å². The number of amides is 1. The van der Waals surface area contributed by atoms with Gasteiger partial charge in [0.25, 0.3) is 0 Å². The minimum atomic E-state index is -1.12. The number of carbonyl (C=O) groups excluding carboxylic acids is 1. The molecular formula is C16H15Cl2NO4. The number of halogens is 2. The van der Waals surface area contributed by atoms with Crippen LogP contribution in [0.25, 0.3) is 0 Å². The van der Waals surface area contributed by atoms with Crippen molar-refractivity contribution in [3.63, 3.8) is 0 Å². The Bertz CT molecular complexity index is 665. The highest BCUT2D eigenvalue weighted by molar-refractivity contribution is 6.34. The van der Waals surface area contributed by atoms with E-state index in [1.807, 2.05) is 0 Å². The van der Waals surface area contributed by atoms with Crippen molar-refractivity contribution in [1.29, 1.82) is 0 Å². The number of rotatable bonds is 7. The molecule has 7 heteroatoms. The molecule has 2 rings (SSSR count). The van der Waals surface area contributed by atoms with Gasteiger partial charge in [-0.1, -0.05) is 23.2 Å². The van der Waals surface area contributed by atoms with E-state index in [4.69, 9.17) is 27.6 Å². The molecule has 0 aliphatic carbocycles. The lowest BCUT2D eigenvalue weighted by Crippen LogP contribution is -2.42. The molecule has 1 aromatic carbocycles. The lowest BCUT2D eigenvalue weighted by Gasteiger charge is -2.15. The Balaban J connectivity index is 1.95. The number of carboxylic acids is 1. The zero-order valence-electron chi connectivity index (χ0n) is 12.1. The van der Waals surface area contributed by atoms with Crippen molar-refractivity contribution in [2.75, 3.05) is 0 Å². The van der Waals surface area contributed by atoms with Crippen LogP contribution >= 0.6 is 23.2 Å². The Morgan fingerprint density at radius 2 is 1.91 bits per heavy atom. The van der Waals surface area contributed by atoms with Gasteiger partial charge in [0.2, 0.25) is 5.91 Å². The molecule has 0 aliphatic heterocycles. The molecule has 0 saturated carbocycles. The van der Waals surface area contributed by atoms with E-state index >= 15 is 0 Å². The topological polar surface area (TPSA) is 79.5 Å². The number of aliphatic carboxylic acids is 1. The van der Waals surface area contributed by atoms with Gasteiger partial charge >= 0.3 is 5.97 Å². The highest BCUT2D eigenvalue weighted by Crippen LogP contribution is 2.20. The molecule has 1 atom stereocenters. The molecule has 2 aromatic rings. The van der Waals surface area contributed by atoms with E-state index in [0.29, 0.717) is 27.8 Å². The summed E-state index contributed by atoms with van der Waals surface area (Å²) in [7, 11) is 0. The minimum absolute atomic E-state index is 0.0993. The zero-order valence-corrected chi connectivity index (χ0v) is 13.6. The molecule has 1 heterocycles. The average Bonchev–Trinajstić information content (AvgIpc) is 2.96. The Hall–Kier alpha value is -1.98. The third kappa shape index (κ3) is 5.62. The second-order valence-electron chi connectivity index (χ2n) is 5.02. The largest absolute Gasteiger partial charge is 0.480 e. The van der Waals surface area contributed by atoms with Crippen molar-refractivity contribution in [3.05, 3.63) is 58.0 Å². The number of hydrogen-bond acceptors (Lipinski definition) is 3. The van der Waals surface area contributed by atoms with Crippen LogP contribution in [-0.2, 0) is 22.4 Å². The molecule has 0 spiro atoms. The maximum absolute atomic E-state index is 11.9. The fourth-order valence-corrected chi connectivity index (χ4v) is 2.69. The first kappa shape index (κ1) is 17.4. The fourth-order valence-electron chi connectivity index (χ4n) is 2.12. The molecule has 0 aliphatic rings. The predicted octanol–water partition coefficient (Wildman–Crippen LogP) is 3.33. The van der Waals surface area contributed by atoms with Gasteiger partial charge in [-0.25, -0.2) is 4.79 Å². The number of carboxylic acid groups (broad SMARTS) is 1. The third-order valence-electron chi connectivity index (χ3n) is 3.17. The average molecular weight is 356 g/mol. The van der Waals surface area contributed by atoms with Gasteiger partial charge in [-0.2, -0.15) is 0 Å². The quantitative estimate of drug-likeness (QED) is 0.798. The number of aryl methyl sites for hydroxylation is 1. The number of furan rings is 1. The molecule has 1 amide bonds. The van der Waals surface area contributed by atoms with E-state index in [1.165, 1.54) is 6.26 Å².